The van der Waals surface area contributed by atoms with Gasteiger partial charge in [0.1, 0.15) is 50.8 Å². The molecule has 0 amide bonds. The quantitative estimate of drug-likeness (QED) is 0.210. The van der Waals surface area contributed by atoms with Crippen molar-refractivity contribution in [2.45, 2.75) is 19.3 Å². The van der Waals surface area contributed by atoms with Crippen molar-refractivity contribution >= 4 is 83.6 Å². The zero-order valence-electron chi connectivity index (χ0n) is 27.9. The van der Waals surface area contributed by atoms with Crippen molar-refractivity contribution in [3.05, 3.63) is 145 Å². The van der Waals surface area contributed by atoms with Crippen molar-refractivity contribution < 1.29 is 4.42 Å². The van der Waals surface area contributed by atoms with Gasteiger partial charge >= 0.3 is 0 Å². The molecule has 1 aromatic heterocycles. The Hall–Kier alpha value is -5.28. The van der Waals surface area contributed by atoms with E-state index in [9.17, 15) is 0 Å². The summed E-state index contributed by atoms with van der Waals surface area (Å²) in [6.45, 7) is 4.43. The Kier molecular flexibility index (Phi) is 7.83. The van der Waals surface area contributed by atoms with Gasteiger partial charge in [0.05, 0.1) is 5.69 Å². The van der Waals surface area contributed by atoms with Crippen molar-refractivity contribution in [2.75, 3.05) is 4.90 Å². The molecule has 0 saturated carbocycles. The van der Waals surface area contributed by atoms with E-state index in [4.69, 9.17) is 43.6 Å². The first kappa shape index (κ1) is 32.0. The second-order valence-corrected chi connectivity index (χ2v) is 13.2. The third kappa shape index (κ3) is 4.94. The molecule has 226 valence electrons. The molecular weight excluding hydrogens is 601 g/mol. The first-order valence-corrected chi connectivity index (χ1v) is 16.6. The predicted octanol–water partition coefficient (Wildman–Crippen LogP) is 6.03. The molecule has 8 rings (SSSR count). The van der Waals surface area contributed by atoms with E-state index in [1.807, 2.05) is 53.4 Å². The van der Waals surface area contributed by atoms with Gasteiger partial charge < -0.3 is 9.32 Å². The van der Waals surface area contributed by atoms with Crippen molar-refractivity contribution in [2.24, 2.45) is 0 Å². The average Bonchev–Trinajstić information content (AvgIpc) is 3.66. The minimum Gasteiger partial charge on any atom is -0.459 e. The maximum atomic E-state index is 6.98. The standard InChI is InChI=1S/C43H28B5NO/c1-43(2)31-19-11-9-17-29(31)34-33(41(50-42(34)43)27-15-7-4-8-16-27)30-18-10-12-20-32(30)49(40-38(47)36(45)35(44)37(46)39(40)48)28-23-21-26(22-24-28)25-13-5-3-6-14-25/h3-24H,1-2H3. The van der Waals surface area contributed by atoms with Crippen LogP contribution in [0.2, 0.25) is 0 Å². The summed E-state index contributed by atoms with van der Waals surface area (Å²) in [6.07, 6.45) is 0. The minimum atomic E-state index is -0.357. The largest absolute Gasteiger partial charge is 0.459 e. The van der Waals surface area contributed by atoms with Crippen LogP contribution in [0.1, 0.15) is 25.2 Å². The summed E-state index contributed by atoms with van der Waals surface area (Å²) in [7, 11) is 33.0. The Morgan fingerprint density at radius 1 is 0.480 bits per heavy atom. The second-order valence-electron chi connectivity index (χ2n) is 13.2. The van der Waals surface area contributed by atoms with Gasteiger partial charge in [-0.15, -0.1) is 16.4 Å². The maximum absolute atomic E-state index is 6.98. The third-order valence-corrected chi connectivity index (χ3v) is 9.92. The molecule has 2 nitrogen and oxygen atoms in total. The van der Waals surface area contributed by atoms with E-state index in [1.54, 1.807) is 0 Å². The van der Waals surface area contributed by atoms with Crippen molar-refractivity contribution in [1.29, 1.82) is 0 Å². The molecule has 0 atom stereocenters. The first-order valence-electron chi connectivity index (χ1n) is 16.6. The number of furan rings is 1. The predicted molar refractivity (Wildman–Crippen MR) is 214 cm³/mol. The van der Waals surface area contributed by atoms with Gasteiger partial charge in [-0.25, -0.2) is 0 Å². The lowest BCUT2D eigenvalue weighted by molar-refractivity contribution is 0.448. The molecule has 1 aliphatic carbocycles. The average molecular weight is 629 g/mol. The monoisotopic (exact) mass is 629 g/mol. The van der Waals surface area contributed by atoms with Gasteiger partial charge in [0.25, 0.3) is 0 Å². The number of hydrogen-bond acceptors (Lipinski definition) is 2. The van der Waals surface area contributed by atoms with Crippen LogP contribution in [-0.2, 0) is 5.41 Å². The van der Waals surface area contributed by atoms with Gasteiger partial charge in [-0.05, 0) is 54.3 Å². The zero-order chi connectivity index (χ0) is 34.7. The number of benzene rings is 6. The molecule has 7 aromatic rings. The van der Waals surface area contributed by atoms with Crippen LogP contribution in [0.15, 0.2) is 138 Å². The molecule has 0 bridgehead atoms. The second kappa shape index (κ2) is 12.2. The van der Waals surface area contributed by atoms with Crippen LogP contribution in [-0.4, -0.2) is 39.2 Å². The van der Waals surface area contributed by atoms with E-state index in [0.717, 1.165) is 61.8 Å². The number of para-hydroxylation sites is 1. The fourth-order valence-corrected chi connectivity index (χ4v) is 7.33. The summed E-state index contributed by atoms with van der Waals surface area (Å²) in [5.74, 6) is 1.70. The number of nitrogens with zero attached hydrogens (tertiary/aromatic N) is 1. The van der Waals surface area contributed by atoms with E-state index in [1.165, 1.54) is 5.56 Å². The Labute approximate surface area is 300 Å². The molecule has 0 unspecified atom stereocenters. The topological polar surface area (TPSA) is 16.4 Å². The number of anilines is 3. The van der Waals surface area contributed by atoms with E-state index < -0.39 is 0 Å². The lowest BCUT2D eigenvalue weighted by atomic mass is 9.61. The molecule has 7 heteroatoms. The van der Waals surface area contributed by atoms with Crippen LogP contribution in [0.5, 0.6) is 0 Å². The fraction of sp³-hybridized carbons (Fsp3) is 0.0698. The van der Waals surface area contributed by atoms with Crippen LogP contribution in [0, 0.1) is 0 Å². The van der Waals surface area contributed by atoms with Gasteiger partial charge in [0.15, 0.2) is 0 Å². The van der Waals surface area contributed by atoms with Crippen molar-refractivity contribution in [3.8, 4) is 44.7 Å². The first-order chi connectivity index (χ1) is 24.2. The highest BCUT2D eigenvalue weighted by Gasteiger charge is 2.43. The lowest BCUT2D eigenvalue weighted by Crippen LogP contribution is -2.56. The van der Waals surface area contributed by atoms with Crippen LogP contribution in [0.25, 0.3) is 44.7 Å². The molecule has 0 spiro atoms. The van der Waals surface area contributed by atoms with Gasteiger partial charge in [0.2, 0.25) is 0 Å². The number of fused-ring (bicyclic) bond motifs is 3. The highest BCUT2D eigenvalue weighted by Crippen LogP contribution is 2.58. The summed E-state index contributed by atoms with van der Waals surface area (Å²) in [5.41, 5.74) is 11.2. The number of hydrogen-bond donors (Lipinski definition) is 0. The van der Waals surface area contributed by atoms with Crippen LogP contribution >= 0.6 is 0 Å². The third-order valence-electron chi connectivity index (χ3n) is 9.92. The van der Waals surface area contributed by atoms with E-state index in [0.29, 0.717) is 5.69 Å². The molecule has 1 aliphatic rings. The summed E-state index contributed by atoms with van der Waals surface area (Å²) >= 11 is 0. The molecule has 1 heterocycles. The van der Waals surface area contributed by atoms with Gasteiger partial charge in [-0.2, -0.15) is 0 Å². The van der Waals surface area contributed by atoms with E-state index >= 15 is 0 Å². The molecule has 0 aliphatic heterocycles. The Morgan fingerprint density at radius 3 is 1.62 bits per heavy atom. The zero-order valence-corrected chi connectivity index (χ0v) is 27.9. The normalized spacial score (nSPS) is 12.8. The smallest absolute Gasteiger partial charge is 0.142 e. The van der Waals surface area contributed by atoms with Gasteiger partial charge in [0, 0.05) is 39.0 Å². The molecular formula is C43H28B5NO. The fourth-order valence-electron chi connectivity index (χ4n) is 7.33. The van der Waals surface area contributed by atoms with E-state index in [-0.39, 0.29) is 32.7 Å². The molecule has 6 aromatic carbocycles. The summed E-state index contributed by atoms with van der Waals surface area (Å²) in [4.78, 5) is 2.03. The summed E-state index contributed by atoms with van der Waals surface area (Å²) in [5, 5.41) is 0. The van der Waals surface area contributed by atoms with Crippen molar-refractivity contribution in [3.63, 3.8) is 0 Å². The van der Waals surface area contributed by atoms with E-state index in [2.05, 4.69) is 98.8 Å². The summed E-state index contributed by atoms with van der Waals surface area (Å²) in [6, 6.07) is 45.5. The van der Waals surface area contributed by atoms with Crippen LogP contribution in [0.4, 0.5) is 17.1 Å². The van der Waals surface area contributed by atoms with Crippen molar-refractivity contribution in [1.82, 2.24) is 0 Å². The maximum Gasteiger partial charge on any atom is 0.142 e. The molecule has 0 saturated heterocycles. The van der Waals surface area contributed by atoms with Gasteiger partial charge in [-0.3, -0.25) is 0 Å². The Balaban J connectivity index is 1.44. The lowest BCUT2D eigenvalue weighted by Gasteiger charge is -2.34. The Bertz CT molecular complexity index is 2370. The van der Waals surface area contributed by atoms with Crippen LogP contribution < -0.4 is 32.2 Å². The molecule has 10 radical (unpaired) electrons. The highest BCUT2D eigenvalue weighted by atomic mass is 16.3. The summed E-state index contributed by atoms with van der Waals surface area (Å²) < 4.78 is 6.98. The molecule has 0 fully saturated rings. The van der Waals surface area contributed by atoms with Gasteiger partial charge in [-0.1, -0.05) is 126 Å². The minimum absolute atomic E-state index is 0.161. The molecule has 0 N–H and O–H groups in total. The Morgan fingerprint density at radius 2 is 0.980 bits per heavy atom. The van der Waals surface area contributed by atoms with Crippen LogP contribution in [0.3, 0.4) is 0 Å². The number of rotatable bonds is 6. The SMILES string of the molecule is [B]c1c([B])c([B])c(N(c2ccc(-c3ccccc3)cc2)c2ccccc2-c2c(-c3ccccc3)oc3c2-c2ccccc2C3(C)C)c([B])c1[B]. The highest BCUT2D eigenvalue weighted by molar-refractivity contribution is 6.69. The molecule has 50 heavy (non-hydrogen) atoms.